The number of hydrogen-bond donors (Lipinski definition) is 3. The van der Waals surface area contributed by atoms with E-state index in [0.717, 1.165) is 65.0 Å². The quantitative estimate of drug-likeness (QED) is 0.108. The summed E-state index contributed by atoms with van der Waals surface area (Å²) in [5.41, 5.74) is 9.32. The largest absolute Gasteiger partial charge is 0.481 e. The molecule has 0 saturated carbocycles. The van der Waals surface area contributed by atoms with Gasteiger partial charge >= 0.3 is 0 Å². The molecule has 2 aliphatic carbocycles. The molecule has 9 nitrogen and oxygen atoms in total. The maximum atomic E-state index is 9.18. The number of hydrogen-bond acceptors (Lipinski definition) is 9. The van der Waals surface area contributed by atoms with E-state index in [2.05, 4.69) is 78.6 Å². The van der Waals surface area contributed by atoms with Gasteiger partial charge in [-0.2, -0.15) is 9.97 Å². The van der Waals surface area contributed by atoms with E-state index in [0.29, 0.717) is 36.6 Å². The van der Waals surface area contributed by atoms with Crippen molar-refractivity contribution in [2.75, 3.05) is 34.0 Å². The fourth-order valence-corrected chi connectivity index (χ4v) is 7.71. The highest BCUT2D eigenvalue weighted by molar-refractivity contribution is 9.10. The number of pyridine rings is 2. The van der Waals surface area contributed by atoms with Crippen LogP contribution < -0.4 is 24.3 Å². The molecule has 0 spiro atoms. The van der Waals surface area contributed by atoms with Crippen molar-refractivity contribution in [2.24, 2.45) is 0 Å². The van der Waals surface area contributed by atoms with Crippen molar-refractivity contribution < 1.29 is 29.2 Å². The highest BCUT2D eigenvalue weighted by atomic mass is 79.9. The Kier molecular flexibility index (Phi) is 11.5. The number of methoxy groups -OCH3 is 2. The van der Waals surface area contributed by atoms with Gasteiger partial charge in [-0.15, -0.1) is 0 Å². The Morgan fingerprint density at radius 1 is 0.729 bits per heavy atom. The lowest BCUT2D eigenvalue weighted by molar-refractivity contribution is 0.194. The number of ether oxygens (including phenoxy) is 4. The minimum atomic E-state index is -0.135. The SMILES string of the molecule is COc1nc(O[C@H]2CCc3c(-c4cccc5c4CC[C@@H]5Oc4nc(OC)c(CNCCO)cc4Br)cccc32)c(Br)cc1CCCCO. The van der Waals surface area contributed by atoms with Crippen LogP contribution in [0.1, 0.15) is 71.3 Å². The van der Waals surface area contributed by atoms with Gasteiger partial charge in [0, 0.05) is 30.8 Å². The molecule has 4 aromatic rings. The summed E-state index contributed by atoms with van der Waals surface area (Å²) in [6.45, 7) is 1.25. The minimum Gasteiger partial charge on any atom is -0.481 e. The average molecular weight is 784 g/mol. The number of nitrogens with one attached hydrogen (secondary N) is 1. The zero-order chi connectivity index (χ0) is 33.6. The summed E-state index contributed by atoms with van der Waals surface area (Å²) in [6.07, 6.45) is 5.63. The highest BCUT2D eigenvalue weighted by Crippen LogP contribution is 2.46. The third-order valence-corrected chi connectivity index (χ3v) is 10.2. The Morgan fingerprint density at radius 2 is 1.27 bits per heavy atom. The van der Waals surface area contributed by atoms with Crippen molar-refractivity contribution in [1.82, 2.24) is 15.3 Å². The Hall–Kier alpha value is -3.22. The van der Waals surface area contributed by atoms with Crippen molar-refractivity contribution >= 4 is 31.9 Å². The molecule has 0 fully saturated rings. The van der Waals surface area contributed by atoms with Gasteiger partial charge in [0.1, 0.15) is 12.2 Å². The summed E-state index contributed by atoms with van der Waals surface area (Å²) in [5.74, 6) is 2.07. The molecule has 0 bridgehead atoms. The van der Waals surface area contributed by atoms with Gasteiger partial charge in [0.05, 0.1) is 29.8 Å². The van der Waals surface area contributed by atoms with Crippen LogP contribution in [-0.4, -0.2) is 54.2 Å². The topological polar surface area (TPSA) is 115 Å². The number of benzene rings is 2. The summed E-state index contributed by atoms with van der Waals surface area (Å²) in [5, 5.41) is 21.5. The molecular formula is C37H41Br2N3O6. The first-order valence-corrected chi connectivity index (χ1v) is 18.0. The molecule has 48 heavy (non-hydrogen) atoms. The van der Waals surface area contributed by atoms with Crippen LogP contribution in [0.2, 0.25) is 0 Å². The number of unbranched alkanes of at least 4 members (excludes halogenated alkanes) is 1. The van der Waals surface area contributed by atoms with Gasteiger partial charge in [0.15, 0.2) is 0 Å². The second kappa shape index (κ2) is 16.0. The first-order valence-electron chi connectivity index (χ1n) is 16.4. The second-order valence-corrected chi connectivity index (χ2v) is 13.7. The Bertz CT molecular complexity index is 1630. The maximum absolute atomic E-state index is 9.18. The van der Waals surface area contributed by atoms with Gasteiger partial charge in [0.25, 0.3) is 0 Å². The molecule has 0 aliphatic heterocycles. The van der Waals surface area contributed by atoms with E-state index in [-0.39, 0.29) is 25.4 Å². The molecule has 0 radical (unpaired) electrons. The molecule has 0 unspecified atom stereocenters. The third kappa shape index (κ3) is 7.35. The Balaban J connectivity index is 1.23. The standard InChI is InChI=1S/C37H41Br2N3O6/c1-45-34-22(7-3-4-17-43)19-30(38)36(41-34)47-32-14-12-26-24(8-5-10-28(26)32)25-9-6-11-29-27(25)13-15-33(29)48-37-31(39)20-23(21-40-16-18-44)35(42-37)46-2/h5-6,8-11,19-20,32-33,40,43-44H,3-4,7,12-18,21H2,1-2H3/t32-,33-/m0/s1. The summed E-state index contributed by atoms with van der Waals surface area (Å²) in [7, 11) is 3.23. The van der Waals surface area contributed by atoms with Crippen LogP contribution in [0.25, 0.3) is 11.1 Å². The van der Waals surface area contributed by atoms with Crippen molar-refractivity contribution in [3.63, 3.8) is 0 Å². The predicted octanol–water partition coefficient (Wildman–Crippen LogP) is 7.22. The highest BCUT2D eigenvalue weighted by Gasteiger charge is 2.32. The predicted molar refractivity (Wildman–Crippen MR) is 191 cm³/mol. The third-order valence-electron chi connectivity index (χ3n) is 9.04. The minimum absolute atomic E-state index is 0.0641. The van der Waals surface area contributed by atoms with Gasteiger partial charge < -0.3 is 34.5 Å². The number of aliphatic hydroxyl groups excluding tert-OH is 2. The van der Waals surface area contributed by atoms with Gasteiger partial charge in [-0.3, -0.25) is 0 Å². The van der Waals surface area contributed by atoms with Crippen LogP contribution >= 0.6 is 31.9 Å². The fraction of sp³-hybridized carbons (Fsp3) is 0.405. The van der Waals surface area contributed by atoms with E-state index in [9.17, 15) is 5.11 Å². The summed E-state index contributed by atoms with van der Waals surface area (Å²) >= 11 is 7.33. The van der Waals surface area contributed by atoms with E-state index < -0.39 is 0 Å². The number of rotatable bonds is 15. The molecule has 2 aromatic heterocycles. The first kappa shape index (κ1) is 34.6. The maximum Gasteiger partial charge on any atom is 0.231 e. The van der Waals surface area contributed by atoms with Crippen molar-refractivity contribution in [3.8, 4) is 34.6 Å². The molecular weight excluding hydrogens is 742 g/mol. The summed E-state index contributed by atoms with van der Waals surface area (Å²) in [6, 6.07) is 17.0. The van der Waals surface area contributed by atoms with Crippen LogP contribution in [0.3, 0.4) is 0 Å². The molecule has 2 heterocycles. The van der Waals surface area contributed by atoms with Gasteiger partial charge in [0.2, 0.25) is 23.5 Å². The number of aromatic nitrogens is 2. The zero-order valence-electron chi connectivity index (χ0n) is 27.2. The number of halogens is 2. The number of aryl methyl sites for hydroxylation is 1. The zero-order valence-corrected chi connectivity index (χ0v) is 30.4. The molecule has 6 rings (SSSR count). The summed E-state index contributed by atoms with van der Waals surface area (Å²) in [4.78, 5) is 9.40. The molecule has 3 N–H and O–H groups in total. The lowest BCUT2D eigenvalue weighted by Crippen LogP contribution is -2.18. The van der Waals surface area contributed by atoms with Crippen LogP contribution in [0.5, 0.6) is 23.5 Å². The van der Waals surface area contributed by atoms with Crippen LogP contribution in [0, 0.1) is 0 Å². The first-order chi connectivity index (χ1) is 23.4. The van der Waals surface area contributed by atoms with E-state index in [1.165, 1.54) is 33.4 Å². The van der Waals surface area contributed by atoms with Crippen molar-refractivity contribution in [2.45, 2.75) is 63.7 Å². The van der Waals surface area contributed by atoms with E-state index in [4.69, 9.17) is 29.0 Å². The number of fused-ring (bicyclic) bond motifs is 2. The lowest BCUT2D eigenvalue weighted by atomic mass is 9.91. The Morgan fingerprint density at radius 3 is 1.79 bits per heavy atom. The van der Waals surface area contributed by atoms with Gasteiger partial charge in [-0.25, -0.2) is 0 Å². The van der Waals surface area contributed by atoms with Crippen LogP contribution in [0.15, 0.2) is 57.5 Å². The molecule has 0 saturated heterocycles. The molecule has 2 aromatic carbocycles. The van der Waals surface area contributed by atoms with Gasteiger partial charge in [-0.05, 0) is 122 Å². The average Bonchev–Trinajstić information content (AvgIpc) is 3.71. The summed E-state index contributed by atoms with van der Waals surface area (Å²) < 4.78 is 25.8. The second-order valence-electron chi connectivity index (χ2n) is 12.0. The van der Waals surface area contributed by atoms with Crippen LogP contribution in [-0.2, 0) is 25.8 Å². The van der Waals surface area contributed by atoms with E-state index >= 15 is 0 Å². The van der Waals surface area contributed by atoms with Crippen molar-refractivity contribution in [1.29, 1.82) is 0 Å². The molecule has 0 amide bonds. The molecule has 2 aliphatic rings. The monoisotopic (exact) mass is 781 g/mol. The van der Waals surface area contributed by atoms with E-state index in [1.807, 2.05) is 12.1 Å². The molecule has 254 valence electrons. The van der Waals surface area contributed by atoms with Crippen molar-refractivity contribution in [3.05, 3.63) is 90.9 Å². The number of nitrogens with zero attached hydrogens (tertiary/aromatic N) is 2. The molecule has 2 atom stereocenters. The van der Waals surface area contributed by atoms with Gasteiger partial charge in [-0.1, -0.05) is 36.4 Å². The molecule has 11 heteroatoms. The van der Waals surface area contributed by atoms with E-state index in [1.54, 1.807) is 14.2 Å². The number of aliphatic hydroxyl groups is 2. The Labute approximate surface area is 298 Å². The fourth-order valence-electron chi connectivity index (χ4n) is 6.79. The smallest absolute Gasteiger partial charge is 0.231 e. The normalized spacial score (nSPS) is 16.5. The van der Waals surface area contributed by atoms with Crippen LogP contribution in [0.4, 0.5) is 0 Å². The lowest BCUT2D eigenvalue weighted by Gasteiger charge is -2.19.